The summed E-state index contributed by atoms with van der Waals surface area (Å²) in [5.41, 5.74) is -0.428. The molecular weight excluding hydrogens is 480 g/mol. The SMILES string of the molecule is Cc1nc(-c2ccc(C(F)(F)F)nc2)sc1C(OCc1ccc(C#N)c(Cl)c1)C(F)(F)F. The fourth-order valence-electron chi connectivity index (χ4n) is 2.70. The number of aromatic nitrogens is 2. The third-order valence-corrected chi connectivity index (χ3v) is 5.80. The smallest absolute Gasteiger partial charge is 0.358 e. The van der Waals surface area contributed by atoms with Gasteiger partial charge in [-0.05, 0) is 36.8 Å². The van der Waals surface area contributed by atoms with Crippen molar-refractivity contribution in [3.8, 4) is 16.6 Å². The van der Waals surface area contributed by atoms with Gasteiger partial charge in [-0.3, -0.25) is 4.98 Å². The molecule has 0 saturated carbocycles. The number of ether oxygens (including phenoxy) is 1. The van der Waals surface area contributed by atoms with Crippen LogP contribution in [0.2, 0.25) is 5.02 Å². The van der Waals surface area contributed by atoms with Gasteiger partial charge < -0.3 is 4.74 Å². The quantitative estimate of drug-likeness (QED) is 0.365. The number of aryl methyl sites for hydroxylation is 1. The van der Waals surface area contributed by atoms with Crippen molar-refractivity contribution in [1.29, 1.82) is 5.26 Å². The van der Waals surface area contributed by atoms with Gasteiger partial charge in [0.1, 0.15) is 16.8 Å². The van der Waals surface area contributed by atoms with Crippen molar-refractivity contribution >= 4 is 22.9 Å². The molecule has 0 bridgehead atoms. The van der Waals surface area contributed by atoms with Gasteiger partial charge in [0, 0.05) is 11.8 Å². The van der Waals surface area contributed by atoms with Gasteiger partial charge in [0.2, 0.25) is 0 Å². The Morgan fingerprint density at radius 3 is 2.41 bits per heavy atom. The Morgan fingerprint density at radius 1 is 1.16 bits per heavy atom. The Balaban J connectivity index is 1.87. The highest BCUT2D eigenvalue weighted by Gasteiger charge is 2.44. The first kappa shape index (κ1) is 24.0. The van der Waals surface area contributed by atoms with Crippen molar-refractivity contribution in [2.45, 2.75) is 32.0 Å². The number of hydrogen-bond donors (Lipinski definition) is 0. The zero-order valence-electron chi connectivity index (χ0n) is 16.1. The van der Waals surface area contributed by atoms with Crippen molar-refractivity contribution < 1.29 is 31.1 Å². The first-order valence-electron chi connectivity index (χ1n) is 8.78. The predicted octanol–water partition coefficient (Wildman–Crippen LogP) is 6.88. The number of benzene rings is 1. The van der Waals surface area contributed by atoms with E-state index in [1.807, 2.05) is 6.07 Å². The maximum atomic E-state index is 13.7. The summed E-state index contributed by atoms with van der Waals surface area (Å²) in [6.45, 7) is 0.914. The van der Waals surface area contributed by atoms with Crippen LogP contribution in [0.15, 0.2) is 36.5 Å². The predicted molar refractivity (Wildman–Crippen MR) is 105 cm³/mol. The van der Waals surface area contributed by atoms with Crippen LogP contribution in [-0.4, -0.2) is 16.1 Å². The zero-order chi connectivity index (χ0) is 23.7. The molecule has 0 spiro atoms. The minimum Gasteiger partial charge on any atom is -0.358 e. The Morgan fingerprint density at radius 2 is 1.88 bits per heavy atom. The molecule has 0 saturated heterocycles. The van der Waals surface area contributed by atoms with E-state index in [-0.39, 0.29) is 31.7 Å². The lowest BCUT2D eigenvalue weighted by atomic mass is 10.1. The normalized spacial score (nSPS) is 13.1. The van der Waals surface area contributed by atoms with Gasteiger partial charge in [-0.15, -0.1) is 11.3 Å². The average Bonchev–Trinajstić information content (AvgIpc) is 3.08. The van der Waals surface area contributed by atoms with Crippen LogP contribution in [0.3, 0.4) is 0 Å². The molecule has 168 valence electrons. The number of alkyl halides is 6. The van der Waals surface area contributed by atoms with Crippen molar-refractivity contribution in [3.05, 3.63) is 68.9 Å². The average molecular weight is 492 g/mol. The largest absolute Gasteiger partial charge is 0.433 e. The lowest BCUT2D eigenvalue weighted by molar-refractivity contribution is -0.226. The van der Waals surface area contributed by atoms with Crippen molar-refractivity contribution in [1.82, 2.24) is 9.97 Å². The van der Waals surface area contributed by atoms with E-state index in [1.54, 1.807) is 0 Å². The minimum atomic E-state index is -4.77. The number of thiazole rings is 1. The molecule has 2 aromatic heterocycles. The molecule has 1 unspecified atom stereocenters. The topological polar surface area (TPSA) is 58.8 Å². The molecule has 0 aliphatic carbocycles. The maximum absolute atomic E-state index is 13.7. The van der Waals surface area contributed by atoms with E-state index in [0.29, 0.717) is 16.9 Å². The molecular formula is C20H12ClF6N3OS. The van der Waals surface area contributed by atoms with Crippen LogP contribution < -0.4 is 0 Å². The second-order valence-electron chi connectivity index (χ2n) is 6.56. The van der Waals surface area contributed by atoms with E-state index in [0.717, 1.165) is 18.3 Å². The molecule has 4 nitrogen and oxygen atoms in total. The molecule has 3 rings (SSSR count). The van der Waals surface area contributed by atoms with Gasteiger partial charge in [-0.25, -0.2) is 4.98 Å². The van der Waals surface area contributed by atoms with Gasteiger partial charge in [0.25, 0.3) is 0 Å². The maximum Gasteiger partial charge on any atom is 0.433 e. The van der Waals surface area contributed by atoms with Gasteiger partial charge in [-0.1, -0.05) is 17.7 Å². The first-order chi connectivity index (χ1) is 14.9. The molecule has 0 N–H and O–H groups in total. The fourth-order valence-corrected chi connectivity index (χ4v) is 4.08. The van der Waals surface area contributed by atoms with Crippen molar-refractivity contribution in [2.24, 2.45) is 0 Å². The van der Waals surface area contributed by atoms with E-state index in [1.165, 1.54) is 25.1 Å². The molecule has 0 fully saturated rings. The molecule has 1 aromatic carbocycles. The summed E-state index contributed by atoms with van der Waals surface area (Å²) >= 11 is 6.56. The number of rotatable bonds is 5. The van der Waals surface area contributed by atoms with Gasteiger partial charge in [-0.2, -0.15) is 31.6 Å². The van der Waals surface area contributed by atoms with E-state index < -0.39 is 30.8 Å². The highest BCUT2D eigenvalue weighted by atomic mass is 35.5. The van der Waals surface area contributed by atoms with Crippen LogP contribution >= 0.6 is 22.9 Å². The van der Waals surface area contributed by atoms with Crippen LogP contribution in [0, 0.1) is 18.3 Å². The monoisotopic (exact) mass is 491 g/mol. The summed E-state index contributed by atoms with van der Waals surface area (Å²) < 4.78 is 84.4. The number of hydrogen-bond acceptors (Lipinski definition) is 5. The standard InChI is InChI=1S/C20H12ClF6N3OS/c1-10-16(32-18(30-10)13-4-5-15(29-8-13)19(22,23)24)17(20(25,26)27)31-9-11-2-3-12(7-28)14(21)6-11/h2-6,8,17H,9H2,1H3. The number of pyridine rings is 1. The molecule has 12 heteroatoms. The summed E-state index contributed by atoms with van der Waals surface area (Å²) in [6, 6.07) is 7.82. The molecule has 1 atom stereocenters. The summed E-state index contributed by atoms with van der Waals surface area (Å²) in [7, 11) is 0. The van der Waals surface area contributed by atoms with Gasteiger partial charge in [0.15, 0.2) is 6.10 Å². The summed E-state index contributed by atoms with van der Waals surface area (Å²) in [4.78, 5) is 7.14. The van der Waals surface area contributed by atoms with Crippen LogP contribution in [0.25, 0.3) is 10.6 Å². The highest BCUT2D eigenvalue weighted by Crippen LogP contribution is 2.42. The number of halogens is 7. The van der Waals surface area contributed by atoms with E-state index in [4.69, 9.17) is 21.6 Å². The van der Waals surface area contributed by atoms with Crippen LogP contribution in [0.4, 0.5) is 26.3 Å². The number of nitrogens with zero attached hydrogens (tertiary/aromatic N) is 3. The van der Waals surface area contributed by atoms with E-state index in [9.17, 15) is 26.3 Å². The van der Waals surface area contributed by atoms with Gasteiger partial charge >= 0.3 is 12.4 Å². The van der Waals surface area contributed by atoms with Crippen LogP contribution in [-0.2, 0) is 17.5 Å². The lowest BCUT2D eigenvalue weighted by Crippen LogP contribution is -2.23. The van der Waals surface area contributed by atoms with Crippen molar-refractivity contribution in [3.63, 3.8) is 0 Å². The summed E-state index contributed by atoms with van der Waals surface area (Å²) in [5.74, 6) is 0. The minimum absolute atomic E-state index is 0.0325. The second kappa shape index (κ2) is 9.05. The molecule has 32 heavy (non-hydrogen) atoms. The lowest BCUT2D eigenvalue weighted by Gasteiger charge is -2.20. The molecule has 0 amide bonds. The van der Waals surface area contributed by atoms with E-state index >= 15 is 0 Å². The highest BCUT2D eigenvalue weighted by molar-refractivity contribution is 7.15. The Labute approximate surface area is 187 Å². The van der Waals surface area contributed by atoms with Gasteiger partial charge in [0.05, 0.1) is 27.8 Å². The third-order valence-electron chi connectivity index (χ3n) is 4.24. The molecule has 0 aliphatic heterocycles. The first-order valence-corrected chi connectivity index (χ1v) is 9.97. The Bertz CT molecular complexity index is 1150. The summed E-state index contributed by atoms with van der Waals surface area (Å²) in [5, 5.41) is 9.05. The van der Waals surface area contributed by atoms with E-state index in [2.05, 4.69) is 9.97 Å². The fraction of sp³-hybridized carbons (Fsp3) is 0.250. The Kier molecular flexibility index (Phi) is 6.78. The molecule has 0 aliphatic rings. The third kappa shape index (κ3) is 5.38. The Hall–Kier alpha value is -2.68. The van der Waals surface area contributed by atoms with Crippen LogP contribution in [0.5, 0.6) is 0 Å². The molecule has 3 aromatic rings. The van der Waals surface area contributed by atoms with Crippen LogP contribution in [0.1, 0.15) is 33.5 Å². The second-order valence-corrected chi connectivity index (χ2v) is 8.00. The van der Waals surface area contributed by atoms with Crippen molar-refractivity contribution in [2.75, 3.05) is 0 Å². The molecule has 0 radical (unpaired) electrons. The summed E-state index contributed by atoms with van der Waals surface area (Å²) in [6.07, 6.45) is -10.8. The molecule has 2 heterocycles. The number of nitriles is 1. The zero-order valence-corrected chi connectivity index (χ0v) is 17.6.